The Kier molecular flexibility index (Phi) is 5.55. The maximum atomic E-state index is 12.2. The number of nitrogens with one attached hydrogen (secondary N) is 1. The highest BCUT2D eigenvalue weighted by atomic mass is 32.1. The van der Waals surface area contributed by atoms with Crippen molar-refractivity contribution >= 4 is 23.2 Å². The fourth-order valence-electron chi connectivity index (χ4n) is 2.67. The molecule has 3 rings (SSSR count). The Morgan fingerprint density at radius 1 is 1.17 bits per heavy atom. The van der Waals surface area contributed by atoms with E-state index in [0.29, 0.717) is 18.0 Å². The van der Waals surface area contributed by atoms with Crippen LogP contribution in [-0.4, -0.2) is 59.3 Å². The Labute approximate surface area is 145 Å². The molecular formula is C17H20N4O2S. The third kappa shape index (κ3) is 4.39. The minimum atomic E-state index is -0.187. The molecule has 126 valence electrons. The van der Waals surface area contributed by atoms with E-state index in [4.69, 9.17) is 0 Å². The van der Waals surface area contributed by atoms with Gasteiger partial charge in [0.2, 0.25) is 5.91 Å². The average Bonchev–Trinajstić information content (AvgIpc) is 3.16. The predicted octanol–water partition coefficient (Wildman–Crippen LogP) is 1.22. The smallest absolute Gasteiger partial charge is 0.261 e. The average molecular weight is 344 g/mol. The predicted molar refractivity (Wildman–Crippen MR) is 92.7 cm³/mol. The van der Waals surface area contributed by atoms with Gasteiger partial charge in [-0.3, -0.25) is 19.5 Å². The van der Waals surface area contributed by atoms with Gasteiger partial charge in [-0.25, -0.2) is 0 Å². The summed E-state index contributed by atoms with van der Waals surface area (Å²) in [5.41, 5.74) is 1.18. The van der Waals surface area contributed by atoms with E-state index in [1.54, 1.807) is 12.3 Å². The molecule has 0 saturated carbocycles. The van der Waals surface area contributed by atoms with Crippen molar-refractivity contribution in [2.45, 2.75) is 6.54 Å². The van der Waals surface area contributed by atoms with Gasteiger partial charge in [-0.1, -0.05) is 12.1 Å². The summed E-state index contributed by atoms with van der Waals surface area (Å²) in [7, 11) is 0. The number of amides is 2. The van der Waals surface area contributed by atoms with Gasteiger partial charge in [-0.05, 0) is 23.1 Å². The van der Waals surface area contributed by atoms with E-state index in [-0.39, 0.29) is 18.4 Å². The molecule has 0 bridgehead atoms. The van der Waals surface area contributed by atoms with Crippen molar-refractivity contribution in [3.05, 3.63) is 52.5 Å². The van der Waals surface area contributed by atoms with Crippen molar-refractivity contribution in [3.8, 4) is 0 Å². The second kappa shape index (κ2) is 8.03. The minimum absolute atomic E-state index is 0.0269. The zero-order chi connectivity index (χ0) is 16.8. The van der Waals surface area contributed by atoms with Crippen molar-refractivity contribution in [2.24, 2.45) is 0 Å². The van der Waals surface area contributed by atoms with Crippen LogP contribution in [0.1, 0.15) is 15.2 Å². The SMILES string of the molecule is O=C(NCC(=O)N1CCN(Cc2cccnc2)CC1)c1cccs1. The van der Waals surface area contributed by atoms with E-state index in [9.17, 15) is 9.59 Å². The number of carbonyl (C=O) groups excluding carboxylic acids is 2. The molecule has 0 unspecified atom stereocenters. The molecule has 0 aliphatic carbocycles. The summed E-state index contributed by atoms with van der Waals surface area (Å²) >= 11 is 1.37. The monoisotopic (exact) mass is 344 g/mol. The largest absolute Gasteiger partial charge is 0.342 e. The van der Waals surface area contributed by atoms with Crippen molar-refractivity contribution in [2.75, 3.05) is 32.7 Å². The molecule has 7 heteroatoms. The number of aromatic nitrogens is 1. The van der Waals surface area contributed by atoms with Gasteiger partial charge in [0.05, 0.1) is 11.4 Å². The number of hydrogen-bond acceptors (Lipinski definition) is 5. The lowest BCUT2D eigenvalue weighted by Gasteiger charge is -2.34. The van der Waals surface area contributed by atoms with Crippen LogP contribution in [0.25, 0.3) is 0 Å². The second-order valence-corrected chi connectivity index (χ2v) is 6.63. The first-order valence-corrected chi connectivity index (χ1v) is 8.81. The molecule has 2 aromatic heterocycles. The maximum absolute atomic E-state index is 12.2. The topological polar surface area (TPSA) is 65.5 Å². The van der Waals surface area contributed by atoms with Crippen LogP contribution >= 0.6 is 11.3 Å². The van der Waals surface area contributed by atoms with Crippen LogP contribution in [0, 0.1) is 0 Å². The highest BCUT2D eigenvalue weighted by molar-refractivity contribution is 7.12. The fraction of sp³-hybridized carbons (Fsp3) is 0.353. The van der Waals surface area contributed by atoms with Gasteiger partial charge >= 0.3 is 0 Å². The zero-order valence-corrected chi connectivity index (χ0v) is 14.2. The van der Waals surface area contributed by atoms with Crippen molar-refractivity contribution in [1.29, 1.82) is 0 Å². The quantitative estimate of drug-likeness (QED) is 0.886. The minimum Gasteiger partial charge on any atom is -0.342 e. The number of piperazine rings is 1. The van der Waals surface area contributed by atoms with E-state index in [1.165, 1.54) is 16.9 Å². The Bertz CT molecular complexity index is 667. The third-order valence-electron chi connectivity index (χ3n) is 4.00. The molecule has 1 saturated heterocycles. The number of thiophene rings is 1. The normalized spacial score (nSPS) is 15.2. The molecule has 0 radical (unpaired) electrons. The number of pyridine rings is 1. The standard InChI is InChI=1S/C17H20N4O2S/c22-16(12-19-17(23)15-4-2-10-24-15)21-8-6-20(7-9-21)13-14-3-1-5-18-11-14/h1-5,10-11H,6-9,12-13H2,(H,19,23). The highest BCUT2D eigenvalue weighted by Crippen LogP contribution is 2.09. The number of carbonyl (C=O) groups is 2. The second-order valence-electron chi connectivity index (χ2n) is 5.68. The molecule has 6 nitrogen and oxygen atoms in total. The summed E-state index contributed by atoms with van der Waals surface area (Å²) in [4.78, 5) is 33.0. The number of nitrogens with zero attached hydrogens (tertiary/aromatic N) is 3. The molecule has 1 fully saturated rings. The lowest BCUT2D eigenvalue weighted by Crippen LogP contribution is -2.50. The molecule has 2 aromatic rings. The fourth-order valence-corrected chi connectivity index (χ4v) is 3.31. The summed E-state index contributed by atoms with van der Waals surface area (Å²) in [6.07, 6.45) is 3.64. The van der Waals surface area contributed by atoms with Gasteiger partial charge in [-0.15, -0.1) is 11.3 Å². The van der Waals surface area contributed by atoms with Crippen LogP contribution in [-0.2, 0) is 11.3 Å². The molecule has 3 heterocycles. The van der Waals surface area contributed by atoms with Crippen LogP contribution in [0.4, 0.5) is 0 Å². The lowest BCUT2D eigenvalue weighted by molar-refractivity contribution is -0.131. The van der Waals surface area contributed by atoms with Gasteiger partial charge in [0.1, 0.15) is 0 Å². The van der Waals surface area contributed by atoms with Gasteiger partial charge in [-0.2, -0.15) is 0 Å². The van der Waals surface area contributed by atoms with Crippen molar-refractivity contribution in [1.82, 2.24) is 20.1 Å². The van der Waals surface area contributed by atoms with Gasteiger partial charge in [0.15, 0.2) is 0 Å². The Balaban J connectivity index is 1.41. The third-order valence-corrected chi connectivity index (χ3v) is 4.87. The summed E-state index contributed by atoms with van der Waals surface area (Å²) in [6.45, 7) is 3.95. The molecule has 1 aliphatic rings. The first-order chi connectivity index (χ1) is 11.7. The molecule has 0 atom stereocenters. The van der Waals surface area contributed by atoms with Crippen molar-refractivity contribution in [3.63, 3.8) is 0 Å². The molecule has 1 N–H and O–H groups in total. The first kappa shape index (κ1) is 16.6. The van der Waals surface area contributed by atoms with E-state index in [1.807, 2.05) is 28.6 Å². The van der Waals surface area contributed by atoms with Crippen LogP contribution in [0.2, 0.25) is 0 Å². The molecule has 1 aliphatic heterocycles. The van der Waals surface area contributed by atoms with E-state index < -0.39 is 0 Å². The maximum Gasteiger partial charge on any atom is 0.261 e. The van der Waals surface area contributed by atoms with Crippen LogP contribution in [0.3, 0.4) is 0 Å². The van der Waals surface area contributed by atoms with Gasteiger partial charge < -0.3 is 10.2 Å². The number of hydrogen-bond donors (Lipinski definition) is 1. The van der Waals surface area contributed by atoms with E-state index in [0.717, 1.165) is 19.6 Å². The summed E-state index contributed by atoms with van der Waals surface area (Å²) < 4.78 is 0. The Morgan fingerprint density at radius 3 is 2.67 bits per heavy atom. The molecule has 24 heavy (non-hydrogen) atoms. The van der Waals surface area contributed by atoms with Gasteiger partial charge in [0, 0.05) is 45.1 Å². The first-order valence-electron chi connectivity index (χ1n) is 7.93. The van der Waals surface area contributed by atoms with Crippen LogP contribution < -0.4 is 5.32 Å². The lowest BCUT2D eigenvalue weighted by atomic mass is 10.2. The summed E-state index contributed by atoms with van der Waals surface area (Å²) in [5.74, 6) is -0.213. The van der Waals surface area contributed by atoms with E-state index >= 15 is 0 Å². The Morgan fingerprint density at radius 2 is 2.00 bits per heavy atom. The van der Waals surface area contributed by atoms with E-state index in [2.05, 4.69) is 21.3 Å². The van der Waals surface area contributed by atoms with Gasteiger partial charge in [0.25, 0.3) is 5.91 Å². The Hall–Kier alpha value is -2.25. The van der Waals surface area contributed by atoms with Crippen LogP contribution in [0.15, 0.2) is 42.0 Å². The van der Waals surface area contributed by atoms with Crippen molar-refractivity contribution < 1.29 is 9.59 Å². The molecule has 0 spiro atoms. The summed E-state index contributed by atoms with van der Waals surface area (Å²) in [6, 6.07) is 7.57. The summed E-state index contributed by atoms with van der Waals surface area (Å²) in [5, 5.41) is 4.54. The molecule has 0 aromatic carbocycles. The number of rotatable bonds is 5. The highest BCUT2D eigenvalue weighted by Gasteiger charge is 2.21. The van der Waals surface area contributed by atoms with Crippen LogP contribution in [0.5, 0.6) is 0 Å². The molecule has 2 amide bonds. The molecular weight excluding hydrogens is 324 g/mol. The zero-order valence-electron chi connectivity index (χ0n) is 13.4.